The van der Waals surface area contributed by atoms with Crippen LogP contribution < -0.4 is 5.32 Å². The second-order valence-corrected chi connectivity index (χ2v) is 4.20. The zero-order chi connectivity index (χ0) is 13.1. The SMILES string of the molecule is Cc1ccc(CNC(=O)c2ccc(C)c(O)c2)o1. The molecule has 18 heavy (non-hydrogen) atoms. The average molecular weight is 245 g/mol. The van der Waals surface area contributed by atoms with E-state index in [-0.39, 0.29) is 11.7 Å². The first-order valence-corrected chi connectivity index (χ1v) is 5.69. The molecule has 0 bridgehead atoms. The van der Waals surface area contributed by atoms with Crippen molar-refractivity contribution in [2.24, 2.45) is 0 Å². The van der Waals surface area contributed by atoms with Crippen molar-refractivity contribution in [1.82, 2.24) is 5.32 Å². The van der Waals surface area contributed by atoms with E-state index in [4.69, 9.17) is 4.42 Å². The highest BCUT2D eigenvalue weighted by Gasteiger charge is 2.08. The molecule has 1 amide bonds. The van der Waals surface area contributed by atoms with Crippen LogP contribution in [0, 0.1) is 13.8 Å². The van der Waals surface area contributed by atoms with Crippen molar-refractivity contribution >= 4 is 5.91 Å². The number of amides is 1. The van der Waals surface area contributed by atoms with Gasteiger partial charge in [0.15, 0.2) is 0 Å². The third kappa shape index (κ3) is 2.71. The number of phenolic OH excluding ortho intramolecular Hbond substituents is 1. The number of rotatable bonds is 3. The first kappa shape index (κ1) is 12.2. The first-order valence-electron chi connectivity index (χ1n) is 5.69. The van der Waals surface area contributed by atoms with Crippen LogP contribution in [0.2, 0.25) is 0 Å². The molecule has 0 aliphatic heterocycles. The monoisotopic (exact) mass is 245 g/mol. The maximum Gasteiger partial charge on any atom is 0.251 e. The molecule has 2 N–H and O–H groups in total. The smallest absolute Gasteiger partial charge is 0.251 e. The van der Waals surface area contributed by atoms with Gasteiger partial charge in [-0.3, -0.25) is 4.79 Å². The van der Waals surface area contributed by atoms with E-state index in [0.717, 1.165) is 11.3 Å². The second kappa shape index (κ2) is 4.96. The number of carbonyl (C=O) groups is 1. The summed E-state index contributed by atoms with van der Waals surface area (Å²) in [6.45, 7) is 3.97. The van der Waals surface area contributed by atoms with E-state index in [1.807, 2.05) is 19.1 Å². The summed E-state index contributed by atoms with van der Waals surface area (Å²) in [6.07, 6.45) is 0. The number of nitrogens with one attached hydrogen (secondary N) is 1. The van der Waals surface area contributed by atoms with Crippen LogP contribution >= 0.6 is 0 Å². The van der Waals surface area contributed by atoms with Gasteiger partial charge < -0.3 is 14.8 Å². The molecule has 0 saturated carbocycles. The molecular weight excluding hydrogens is 230 g/mol. The Kier molecular flexibility index (Phi) is 3.37. The molecule has 0 aliphatic rings. The summed E-state index contributed by atoms with van der Waals surface area (Å²) in [6, 6.07) is 8.51. The summed E-state index contributed by atoms with van der Waals surface area (Å²) in [4.78, 5) is 11.8. The second-order valence-electron chi connectivity index (χ2n) is 4.20. The molecule has 4 heteroatoms. The molecule has 94 valence electrons. The molecule has 4 nitrogen and oxygen atoms in total. The van der Waals surface area contributed by atoms with Gasteiger partial charge in [-0.15, -0.1) is 0 Å². The molecule has 0 fully saturated rings. The van der Waals surface area contributed by atoms with Gasteiger partial charge in [-0.05, 0) is 43.7 Å². The van der Waals surface area contributed by atoms with Crippen molar-refractivity contribution in [3.8, 4) is 5.75 Å². The number of carbonyl (C=O) groups excluding carboxylic acids is 1. The number of hydrogen-bond acceptors (Lipinski definition) is 3. The summed E-state index contributed by atoms with van der Waals surface area (Å²) in [5.41, 5.74) is 1.18. The minimum Gasteiger partial charge on any atom is -0.508 e. The van der Waals surface area contributed by atoms with E-state index in [2.05, 4.69) is 5.32 Å². The van der Waals surface area contributed by atoms with Crippen LogP contribution in [0.5, 0.6) is 5.75 Å². The topological polar surface area (TPSA) is 62.5 Å². The molecule has 1 aromatic carbocycles. The van der Waals surface area contributed by atoms with Crippen LogP contribution in [0.3, 0.4) is 0 Å². The van der Waals surface area contributed by atoms with E-state index < -0.39 is 0 Å². The van der Waals surface area contributed by atoms with Gasteiger partial charge >= 0.3 is 0 Å². The fraction of sp³-hybridized carbons (Fsp3) is 0.214. The van der Waals surface area contributed by atoms with Crippen LogP contribution in [0.4, 0.5) is 0 Å². The fourth-order valence-corrected chi connectivity index (χ4v) is 1.60. The van der Waals surface area contributed by atoms with Crippen molar-refractivity contribution in [1.29, 1.82) is 0 Å². The molecule has 0 spiro atoms. The highest BCUT2D eigenvalue weighted by molar-refractivity contribution is 5.94. The number of aryl methyl sites for hydroxylation is 2. The molecule has 1 heterocycles. The van der Waals surface area contributed by atoms with Crippen molar-refractivity contribution in [3.63, 3.8) is 0 Å². The lowest BCUT2D eigenvalue weighted by Gasteiger charge is -2.05. The third-order valence-electron chi connectivity index (χ3n) is 2.69. The molecular formula is C14H15NO3. The van der Waals surface area contributed by atoms with Crippen LogP contribution in [-0.4, -0.2) is 11.0 Å². The molecule has 2 rings (SSSR count). The van der Waals surface area contributed by atoms with Gasteiger partial charge in [-0.25, -0.2) is 0 Å². The Hall–Kier alpha value is -2.23. The zero-order valence-electron chi connectivity index (χ0n) is 10.4. The predicted octanol–water partition coefficient (Wildman–Crippen LogP) is 2.53. The number of aromatic hydroxyl groups is 1. The van der Waals surface area contributed by atoms with Crippen LogP contribution in [-0.2, 0) is 6.54 Å². The van der Waals surface area contributed by atoms with E-state index in [9.17, 15) is 9.90 Å². The molecule has 1 aromatic heterocycles. The fourth-order valence-electron chi connectivity index (χ4n) is 1.60. The molecule has 0 aliphatic carbocycles. The van der Waals surface area contributed by atoms with Gasteiger partial charge in [0.1, 0.15) is 17.3 Å². The third-order valence-corrected chi connectivity index (χ3v) is 2.69. The minimum atomic E-state index is -0.237. The average Bonchev–Trinajstić information content (AvgIpc) is 2.75. The Balaban J connectivity index is 2.01. The van der Waals surface area contributed by atoms with Crippen LogP contribution in [0.15, 0.2) is 34.7 Å². The molecule has 0 radical (unpaired) electrons. The highest BCUT2D eigenvalue weighted by Crippen LogP contribution is 2.17. The van der Waals surface area contributed by atoms with Crippen molar-refractivity contribution in [2.75, 3.05) is 0 Å². The van der Waals surface area contributed by atoms with Gasteiger partial charge in [-0.2, -0.15) is 0 Å². The quantitative estimate of drug-likeness (QED) is 0.873. The van der Waals surface area contributed by atoms with E-state index in [1.165, 1.54) is 6.07 Å². The van der Waals surface area contributed by atoms with E-state index in [0.29, 0.717) is 17.9 Å². The number of furan rings is 1. The Bertz CT molecular complexity index is 572. The van der Waals surface area contributed by atoms with Crippen molar-refractivity contribution < 1.29 is 14.3 Å². The molecule has 0 saturated heterocycles. The van der Waals surface area contributed by atoms with Gasteiger partial charge in [0.25, 0.3) is 5.91 Å². The van der Waals surface area contributed by atoms with Gasteiger partial charge in [0.2, 0.25) is 0 Å². The lowest BCUT2D eigenvalue weighted by atomic mass is 10.1. The van der Waals surface area contributed by atoms with Gasteiger partial charge in [0, 0.05) is 5.56 Å². The van der Waals surface area contributed by atoms with Gasteiger partial charge in [-0.1, -0.05) is 6.07 Å². The first-order chi connectivity index (χ1) is 8.56. The Morgan fingerprint density at radius 2 is 2.06 bits per heavy atom. The Labute approximate surface area is 105 Å². The lowest BCUT2D eigenvalue weighted by Crippen LogP contribution is -2.22. The summed E-state index contributed by atoms with van der Waals surface area (Å²) < 4.78 is 5.35. The molecule has 0 unspecified atom stereocenters. The maximum absolute atomic E-state index is 11.8. The molecule has 2 aromatic rings. The lowest BCUT2D eigenvalue weighted by molar-refractivity contribution is 0.0947. The van der Waals surface area contributed by atoms with Crippen molar-refractivity contribution in [2.45, 2.75) is 20.4 Å². The normalized spacial score (nSPS) is 10.3. The van der Waals surface area contributed by atoms with Crippen LogP contribution in [0.1, 0.15) is 27.4 Å². The largest absolute Gasteiger partial charge is 0.508 e. The number of hydrogen-bond donors (Lipinski definition) is 2. The standard InChI is InChI=1S/C14H15NO3/c1-9-3-5-11(7-13(9)16)14(17)15-8-12-6-4-10(2)18-12/h3-7,16H,8H2,1-2H3,(H,15,17). The maximum atomic E-state index is 11.8. The van der Waals surface area contributed by atoms with Crippen molar-refractivity contribution in [3.05, 3.63) is 53.0 Å². The number of phenols is 1. The van der Waals surface area contributed by atoms with E-state index >= 15 is 0 Å². The Morgan fingerprint density at radius 1 is 1.28 bits per heavy atom. The number of benzene rings is 1. The molecule has 0 atom stereocenters. The van der Waals surface area contributed by atoms with E-state index in [1.54, 1.807) is 19.1 Å². The minimum absolute atomic E-state index is 0.122. The predicted molar refractivity (Wildman–Crippen MR) is 67.5 cm³/mol. The summed E-state index contributed by atoms with van der Waals surface area (Å²) >= 11 is 0. The highest BCUT2D eigenvalue weighted by atomic mass is 16.3. The summed E-state index contributed by atoms with van der Waals surface area (Å²) in [7, 11) is 0. The summed E-state index contributed by atoms with van der Waals surface area (Å²) in [5, 5.41) is 12.3. The van der Waals surface area contributed by atoms with Gasteiger partial charge in [0.05, 0.1) is 6.54 Å². The zero-order valence-corrected chi connectivity index (χ0v) is 10.4. The Morgan fingerprint density at radius 3 is 2.67 bits per heavy atom. The summed E-state index contributed by atoms with van der Waals surface area (Å²) in [5.74, 6) is 1.40. The van der Waals surface area contributed by atoms with Crippen LogP contribution in [0.25, 0.3) is 0 Å².